The lowest BCUT2D eigenvalue weighted by Crippen LogP contribution is -2.49. The number of halogens is 2. The van der Waals surface area contributed by atoms with Gasteiger partial charge in [0.1, 0.15) is 17.5 Å². The SMILES string of the molecule is CC(C)c1nc(-c2ccc(N3CCN(C(=O)c4ccc(F)cc4F)CC3)nc2)no1. The Morgan fingerprint density at radius 3 is 2.47 bits per heavy atom. The Morgan fingerprint density at radius 2 is 1.87 bits per heavy atom. The van der Waals surface area contributed by atoms with E-state index >= 15 is 0 Å². The van der Waals surface area contributed by atoms with Crippen molar-refractivity contribution in [3.63, 3.8) is 0 Å². The summed E-state index contributed by atoms with van der Waals surface area (Å²) in [5.41, 5.74) is 0.642. The molecular formula is C21H21F2N5O2. The molecule has 1 amide bonds. The van der Waals surface area contributed by atoms with Gasteiger partial charge < -0.3 is 14.3 Å². The average Bonchev–Trinajstić information content (AvgIpc) is 3.24. The highest BCUT2D eigenvalue weighted by Crippen LogP contribution is 2.22. The van der Waals surface area contributed by atoms with E-state index in [4.69, 9.17) is 4.52 Å². The normalized spacial score (nSPS) is 14.4. The van der Waals surface area contributed by atoms with Crippen LogP contribution in [0.1, 0.15) is 36.0 Å². The fraction of sp³-hybridized carbons (Fsp3) is 0.333. The minimum absolute atomic E-state index is 0.117. The van der Waals surface area contributed by atoms with Crippen LogP contribution in [0.25, 0.3) is 11.4 Å². The van der Waals surface area contributed by atoms with Crippen LogP contribution in [0.3, 0.4) is 0 Å². The van der Waals surface area contributed by atoms with Gasteiger partial charge in [0.25, 0.3) is 5.91 Å². The lowest BCUT2D eigenvalue weighted by Gasteiger charge is -2.35. The number of amides is 1. The van der Waals surface area contributed by atoms with Gasteiger partial charge in [-0.15, -0.1) is 0 Å². The second-order valence-corrected chi connectivity index (χ2v) is 7.42. The average molecular weight is 413 g/mol. The summed E-state index contributed by atoms with van der Waals surface area (Å²) in [7, 11) is 0. The number of carbonyl (C=O) groups is 1. The molecule has 1 fully saturated rings. The Bertz CT molecular complexity index is 1040. The summed E-state index contributed by atoms with van der Waals surface area (Å²) in [5.74, 6) is 0.00847. The van der Waals surface area contributed by atoms with Crippen molar-refractivity contribution in [1.29, 1.82) is 0 Å². The van der Waals surface area contributed by atoms with Crippen LogP contribution in [-0.4, -0.2) is 52.1 Å². The summed E-state index contributed by atoms with van der Waals surface area (Å²) in [5, 5.41) is 3.98. The van der Waals surface area contributed by atoms with Crippen LogP contribution in [0.2, 0.25) is 0 Å². The fourth-order valence-electron chi connectivity index (χ4n) is 3.26. The first-order valence-corrected chi connectivity index (χ1v) is 9.71. The van der Waals surface area contributed by atoms with Crippen LogP contribution >= 0.6 is 0 Å². The second-order valence-electron chi connectivity index (χ2n) is 7.42. The van der Waals surface area contributed by atoms with E-state index in [1.54, 1.807) is 11.1 Å². The minimum atomic E-state index is -0.846. The minimum Gasteiger partial charge on any atom is -0.353 e. The van der Waals surface area contributed by atoms with Crippen molar-refractivity contribution in [2.45, 2.75) is 19.8 Å². The molecule has 3 aromatic rings. The van der Waals surface area contributed by atoms with Crippen molar-refractivity contribution in [3.05, 3.63) is 59.6 Å². The zero-order chi connectivity index (χ0) is 21.3. The van der Waals surface area contributed by atoms with Crippen LogP contribution < -0.4 is 4.90 Å². The molecule has 0 N–H and O–H groups in total. The van der Waals surface area contributed by atoms with Crippen LogP contribution in [-0.2, 0) is 0 Å². The van der Waals surface area contributed by atoms with Gasteiger partial charge in [0.2, 0.25) is 11.7 Å². The van der Waals surface area contributed by atoms with E-state index in [9.17, 15) is 13.6 Å². The van der Waals surface area contributed by atoms with Gasteiger partial charge in [-0.2, -0.15) is 4.98 Å². The molecule has 2 aromatic heterocycles. The molecule has 1 aliphatic rings. The van der Waals surface area contributed by atoms with Crippen molar-refractivity contribution in [2.24, 2.45) is 0 Å². The summed E-state index contributed by atoms with van der Waals surface area (Å²) in [4.78, 5) is 25.0. The number of nitrogens with zero attached hydrogens (tertiary/aromatic N) is 5. The number of hydrogen-bond donors (Lipinski definition) is 0. The predicted molar refractivity (Wildman–Crippen MR) is 106 cm³/mol. The molecular weight excluding hydrogens is 392 g/mol. The topological polar surface area (TPSA) is 75.4 Å². The molecule has 0 saturated carbocycles. The van der Waals surface area contributed by atoms with Gasteiger partial charge in [0, 0.05) is 49.9 Å². The van der Waals surface area contributed by atoms with E-state index < -0.39 is 17.5 Å². The Kier molecular flexibility index (Phi) is 5.43. The molecule has 1 saturated heterocycles. The third kappa shape index (κ3) is 4.00. The highest BCUT2D eigenvalue weighted by atomic mass is 19.1. The van der Waals surface area contributed by atoms with Gasteiger partial charge in [-0.05, 0) is 24.3 Å². The summed E-state index contributed by atoms with van der Waals surface area (Å²) in [6.45, 7) is 5.91. The molecule has 0 radical (unpaired) electrons. The van der Waals surface area contributed by atoms with Gasteiger partial charge in [0.05, 0.1) is 5.56 Å². The Morgan fingerprint density at radius 1 is 1.10 bits per heavy atom. The molecule has 0 atom stereocenters. The molecule has 30 heavy (non-hydrogen) atoms. The van der Waals surface area contributed by atoms with Gasteiger partial charge in [-0.1, -0.05) is 19.0 Å². The summed E-state index contributed by atoms with van der Waals surface area (Å²) in [6, 6.07) is 6.75. The maximum absolute atomic E-state index is 13.9. The number of rotatable bonds is 4. The predicted octanol–water partition coefficient (Wildman–Crippen LogP) is 3.50. The van der Waals surface area contributed by atoms with Crippen molar-refractivity contribution in [1.82, 2.24) is 20.0 Å². The number of pyridine rings is 1. The first-order valence-electron chi connectivity index (χ1n) is 9.71. The van der Waals surface area contributed by atoms with Crippen LogP contribution in [0.4, 0.5) is 14.6 Å². The molecule has 3 heterocycles. The zero-order valence-electron chi connectivity index (χ0n) is 16.7. The third-order valence-corrected chi connectivity index (χ3v) is 4.99. The summed E-state index contributed by atoms with van der Waals surface area (Å²) >= 11 is 0. The largest absolute Gasteiger partial charge is 0.353 e. The Labute approximate surface area is 172 Å². The standard InChI is InChI=1S/C21H21F2N5O2/c1-13(2)20-25-19(26-30-20)14-3-6-18(24-12-14)27-7-9-28(10-8-27)21(29)16-5-4-15(22)11-17(16)23/h3-6,11-13H,7-10H2,1-2H3. The van der Waals surface area contributed by atoms with Crippen molar-refractivity contribution >= 4 is 11.7 Å². The van der Waals surface area contributed by atoms with Gasteiger partial charge in [-0.25, -0.2) is 13.8 Å². The van der Waals surface area contributed by atoms with Crippen molar-refractivity contribution < 1.29 is 18.1 Å². The van der Waals surface area contributed by atoms with E-state index in [-0.39, 0.29) is 11.5 Å². The Hall–Kier alpha value is -3.36. The summed E-state index contributed by atoms with van der Waals surface area (Å²) < 4.78 is 32.2. The number of benzene rings is 1. The van der Waals surface area contributed by atoms with Crippen molar-refractivity contribution in [3.8, 4) is 11.4 Å². The quantitative estimate of drug-likeness (QED) is 0.652. The molecule has 7 nitrogen and oxygen atoms in total. The number of hydrogen-bond acceptors (Lipinski definition) is 6. The van der Waals surface area contributed by atoms with Crippen LogP contribution in [0.15, 0.2) is 41.1 Å². The monoisotopic (exact) mass is 413 g/mol. The molecule has 156 valence electrons. The zero-order valence-corrected chi connectivity index (χ0v) is 16.7. The molecule has 0 spiro atoms. The third-order valence-electron chi connectivity index (χ3n) is 4.99. The number of piperazine rings is 1. The second kappa shape index (κ2) is 8.17. The van der Waals surface area contributed by atoms with E-state index in [1.807, 2.05) is 30.9 Å². The molecule has 9 heteroatoms. The maximum Gasteiger partial charge on any atom is 0.256 e. The smallest absolute Gasteiger partial charge is 0.256 e. The highest BCUT2D eigenvalue weighted by molar-refractivity contribution is 5.94. The van der Waals surface area contributed by atoms with Crippen LogP contribution in [0.5, 0.6) is 0 Å². The Balaban J connectivity index is 1.39. The van der Waals surface area contributed by atoms with E-state index in [0.29, 0.717) is 37.9 Å². The van der Waals surface area contributed by atoms with E-state index in [0.717, 1.165) is 23.5 Å². The van der Waals surface area contributed by atoms with Gasteiger partial charge in [-0.3, -0.25) is 4.79 Å². The molecule has 1 aliphatic heterocycles. The fourth-order valence-corrected chi connectivity index (χ4v) is 3.26. The highest BCUT2D eigenvalue weighted by Gasteiger charge is 2.25. The van der Waals surface area contributed by atoms with E-state index in [1.165, 1.54) is 6.07 Å². The van der Waals surface area contributed by atoms with Crippen molar-refractivity contribution in [2.75, 3.05) is 31.1 Å². The summed E-state index contributed by atoms with van der Waals surface area (Å²) in [6.07, 6.45) is 1.69. The molecule has 0 aliphatic carbocycles. The lowest BCUT2D eigenvalue weighted by molar-refractivity contribution is 0.0741. The molecule has 1 aromatic carbocycles. The van der Waals surface area contributed by atoms with Crippen LogP contribution in [0, 0.1) is 11.6 Å². The molecule has 0 bridgehead atoms. The molecule has 4 rings (SSSR count). The van der Waals surface area contributed by atoms with E-state index in [2.05, 4.69) is 15.1 Å². The number of anilines is 1. The van der Waals surface area contributed by atoms with Gasteiger partial charge >= 0.3 is 0 Å². The first-order chi connectivity index (χ1) is 14.4. The number of aromatic nitrogens is 3. The maximum atomic E-state index is 13.9. The number of carbonyl (C=O) groups excluding carboxylic acids is 1. The lowest BCUT2D eigenvalue weighted by atomic mass is 10.1. The van der Waals surface area contributed by atoms with Gasteiger partial charge in [0.15, 0.2) is 0 Å². The first kappa shape index (κ1) is 19.9. The molecule has 0 unspecified atom stereocenters.